The fourth-order valence-corrected chi connectivity index (χ4v) is 5.60. The molecule has 1 unspecified atom stereocenters. The highest BCUT2D eigenvalue weighted by atomic mass is 32.2. The van der Waals surface area contributed by atoms with Crippen molar-refractivity contribution in [2.75, 3.05) is 10.8 Å². The van der Waals surface area contributed by atoms with Crippen molar-refractivity contribution >= 4 is 27.5 Å². The zero-order valence-corrected chi connectivity index (χ0v) is 24.7. The number of carbonyl (C=O) groups is 2. The van der Waals surface area contributed by atoms with Crippen LogP contribution in [0.25, 0.3) is 0 Å². The summed E-state index contributed by atoms with van der Waals surface area (Å²) in [7, 11) is -4.17. The van der Waals surface area contributed by atoms with Gasteiger partial charge in [0.05, 0.1) is 10.6 Å². The number of halogens is 1. The first-order valence-electron chi connectivity index (χ1n) is 13.3. The SMILES string of the molecule is Cc1ccc(S(=O)(=O)N(CC(=O)N(Cc2ccccc2F)C(C)C(=O)NC(C)C)c2ccc(C(C)C)cc2)cc1. The highest BCUT2D eigenvalue weighted by Gasteiger charge is 2.33. The lowest BCUT2D eigenvalue weighted by atomic mass is 10.0. The molecule has 0 aliphatic heterocycles. The largest absolute Gasteiger partial charge is 0.352 e. The first-order valence-corrected chi connectivity index (χ1v) is 14.8. The molecule has 0 heterocycles. The topological polar surface area (TPSA) is 86.8 Å². The number of nitrogens with one attached hydrogen (secondary N) is 1. The van der Waals surface area contributed by atoms with E-state index in [-0.39, 0.29) is 29.0 Å². The number of nitrogens with zero attached hydrogens (tertiary/aromatic N) is 2. The fourth-order valence-electron chi connectivity index (χ4n) is 4.19. The number of sulfonamides is 1. The molecule has 2 amide bonds. The van der Waals surface area contributed by atoms with E-state index >= 15 is 0 Å². The van der Waals surface area contributed by atoms with Gasteiger partial charge in [0, 0.05) is 18.2 Å². The fraction of sp³-hybridized carbons (Fsp3) is 0.355. The Labute approximate surface area is 237 Å². The Kier molecular flexibility index (Phi) is 10.1. The van der Waals surface area contributed by atoms with Crippen molar-refractivity contribution in [3.8, 4) is 0 Å². The molecule has 214 valence electrons. The van der Waals surface area contributed by atoms with Crippen LogP contribution in [0.2, 0.25) is 0 Å². The molecule has 0 spiro atoms. The van der Waals surface area contributed by atoms with Gasteiger partial charge in [-0.15, -0.1) is 0 Å². The van der Waals surface area contributed by atoms with Gasteiger partial charge in [-0.25, -0.2) is 12.8 Å². The van der Waals surface area contributed by atoms with E-state index in [1.807, 2.05) is 32.9 Å². The second-order valence-corrected chi connectivity index (χ2v) is 12.4. The lowest BCUT2D eigenvalue weighted by Crippen LogP contribution is -2.52. The zero-order chi connectivity index (χ0) is 29.6. The summed E-state index contributed by atoms with van der Waals surface area (Å²) in [4.78, 5) is 28.1. The minimum atomic E-state index is -4.17. The lowest BCUT2D eigenvalue weighted by molar-refractivity contribution is -0.139. The van der Waals surface area contributed by atoms with Crippen molar-refractivity contribution in [1.82, 2.24) is 10.2 Å². The smallest absolute Gasteiger partial charge is 0.264 e. The third-order valence-corrected chi connectivity index (χ3v) is 8.42. The molecule has 40 heavy (non-hydrogen) atoms. The Morgan fingerprint density at radius 1 is 0.875 bits per heavy atom. The van der Waals surface area contributed by atoms with Crippen molar-refractivity contribution in [3.63, 3.8) is 0 Å². The third-order valence-electron chi connectivity index (χ3n) is 6.63. The molecule has 0 radical (unpaired) electrons. The number of aryl methyl sites for hydroxylation is 1. The van der Waals surface area contributed by atoms with Crippen molar-refractivity contribution < 1.29 is 22.4 Å². The van der Waals surface area contributed by atoms with E-state index in [1.165, 1.54) is 35.2 Å². The first-order chi connectivity index (χ1) is 18.8. The van der Waals surface area contributed by atoms with Gasteiger partial charge in [-0.1, -0.05) is 61.9 Å². The van der Waals surface area contributed by atoms with Gasteiger partial charge in [-0.3, -0.25) is 13.9 Å². The van der Waals surface area contributed by atoms with Crippen molar-refractivity contribution in [2.24, 2.45) is 0 Å². The predicted octanol–water partition coefficient (Wildman–Crippen LogP) is 5.39. The molecule has 0 aliphatic carbocycles. The summed E-state index contributed by atoms with van der Waals surface area (Å²) in [5.74, 6) is -1.35. The van der Waals surface area contributed by atoms with Gasteiger partial charge < -0.3 is 10.2 Å². The maximum atomic E-state index is 14.6. The molecule has 0 aliphatic rings. The molecule has 1 N–H and O–H groups in total. The number of hydrogen-bond donors (Lipinski definition) is 1. The van der Waals surface area contributed by atoms with E-state index in [4.69, 9.17) is 0 Å². The second-order valence-electron chi connectivity index (χ2n) is 10.5. The second kappa shape index (κ2) is 13.1. The van der Waals surface area contributed by atoms with Crippen LogP contribution in [-0.2, 0) is 26.2 Å². The van der Waals surface area contributed by atoms with E-state index in [2.05, 4.69) is 5.32 Å². The molecule has 3 rings (SSSR count). The Morgan fingerprint density at radius 3 is 2.02 bits per heavy atom. The summed E-state index contributed by atoms with van der Waals surface area (Å²) >= 11 is 0. The highest BCUT2D eigenvalue weighted by molar-refractivity contribution is 7.92. The van der Waals surface area contributed by atoms with Crippen LogP contribution in [0.1, 0.15) is 57.2 Å². The van der Waals surface area contributed by atoms with Crippen LogP contribution in [0, 0.1) is 12.7 Å². The molecule has 0 fully saturated rings. The molecule has 0 saturated carbocycles. The first kappa shape index (κ1) is 30.8. The minimum absolute atomic E-state index is 0.0325. The summed E-state index contributed by atoms with van der Waals surface area (Å²) in [5.41, 5.74) is 2.43. The van der Waals surface area contributed by atoms with Gasteiger partial charge >= 0.3 is 0 Å². The Bertz CT molecular complexity index is 1420. The standard InChI is InChI=1S/C31H38FN3O4S/c1-21(2)25-13-15-27(16-14-25)35(40(38,39)28-17-11-23(5)12-18-28)20-30(36)34(24(6)31(37)33-22(3)4)19-26-9-7-8-10-29(26)32/h7-18,21-22,24H,19-20H2,1-6H3,(H,33,37). The number of benzene rings is 3. The van der Waals surface area contributed by atoms with Crippen LogP contribution >= 0.6 is 0 Å². The molecule has 0 aromatic heterocycles. The molecular weight excluding hydrogens is 529 g/mol. The van der Waals surface area contributed by atoms with Gasteiger partial charge in [0.15, 0.2) is 0 Å². The summed E-state index contributed by atoms with van der Waals surface area (Å²) in [6.07, 6.45) is 0. The Balaban J connectivity index is 2.06. The maximum Gasteiger partial charge on any atom is 0.264 e. The minimum Gasteiger partial charge on any atom is -0.352 e. The molecule has 0 saturated heterocycles. The van der Waals surface area contributed by atoms with E-state index < -0.39 is 40.2 Å². The average molecular weight is 568 g/mol. The third kappa shape index (κ3) is 7.47. The normalized spacial score (nSPS) is 12.3. The molecule has 1 atom stereocenters. The molecule has 7 nitrogen and oxygen atoms in total. The number of anilines is 1. The van der Waals surface area contributed by atoms with Gasteiger partial charge in [0.25, 0.3) is 10.0 Å². The number of amides is 2. The van der Waals surface area contributed by atoms with Crippen molar-refractivity contribution in [1.29, 1.82) is 0 Å². The number of carbonyl (C=O) groups excluding carboxylic acids is 2. The van der Waals surface area contributed by atoms with Crippen LogP contribution in [0.15, 0.2) is 77.7 Å². The molecule has 3 aromatic carbocycles. The summed E-state index contributed by atoms with van der Waals surface area (Å²) in [5, 5.41) is 2.78. The zero-order valence-electron chi connectivity index (χ0n) is 23.9. The van der Waals surface area contributed by atoms with Crippen LogP contribution in [-0.4, -0.2) is 43.8 Å². The Hall–Kier alpha value is -3.72. The molecular formula is C31H38FN3O4S. The average Bonchev–Trinajstić information content (AvgIpc) is 2.90. The summed E-state index contributed by atoms with van der Waals surface area (Å²) < 4.78 is 43.5. The molecule has 9 heteroatoms. The summed E-state index contributed by atoms with van der Waals surface area (Å²) in [6.45, 7) is 10.3. The summed E-state index contributed by atoms with van der Waals surface area (Å²) in [6, 6.07) is 18.2. The van der Waals surface area contributed by atoms with Crippen LogP contribution in [0.3, 0.4) is 0 Å². The van der Waals surface area contributed by atoms with E-state index in [1.54, 1.807) is 51.1 Å². The number of hydrogen-bond acceptors (Lipinski definition) is 4. The van der Waals surface area contributed by atoms with E-state index in [0.29, 0.717) is 5.69 Å². The monoisotopic (exact) mass is 567 g/mol. The quantitative estimate of drug-likeness (QED) is 0.336. The lowest BCUT2D eigenvalue weighted by Gasteiger charge is -2.32. The van der Waals surface area contributed by atoms with Crippen molar-refractivity contribution in [3.05, 3.63) is 95.3 Å². The van der Waals surface area contributed by atoms with Gasteiger partial charge in [-0.2, -0.15) is 0 Å². The predicted molar refractivity (Wildman–Crippen MR) is 156 cm³/mol. The van der Waals surface area contributed by atoms with Crippen LogP contribution < -0.4 is 9.62 Å². The van der Waals surface area contributed by atoms with Gasteiger partial charge in [0.1, 0.15) is 18.4 Å². The van der Waals surface area contributed by atoms with Crippen LogP contribution in [0.4, 0.5) is 10.1 Å². The molecule has 3 aromatic rings. The van der Waals surface area contributed by atoms with Gasteiger partial charge in [0.2, 0.25) is 11.8 Å². The highest BCUT2D eigenvalue weighted by Crippen LogP contribution is 2.27. The maximum absolute atomic E-state index is 14.6. The van der Waals surface area contributed by atoms with Gasteiger partial charge in [-0.05, 0) is 69.5 Å². The molecule has 0 bridgehead atoms. The van der Waals surface area contributed by atoms with Crippen LogP contribution in [0.5, 0.6) is 0 Å². The van der Waals surface area contributed by atoms with E-state index in [0.717, 1.165) is 15.4 Å². The Morgan fingerprint density at radius 2 is 1.48 bits per heavy atom. The number of rotatable bonds is 11. The van der Waals surface area contributed by atoms with E-state index in [9.17, 15) is 22.4 Å². The van der Waals surface area contributed by atoms with Crippen molar-refractivity contribution in [2.45, 2.75) is 71.0 Å².